The molecule has 0 aliphatic rings. The molecule has 0 atom stereocenters. The second-order valence-corrected chi connectivity index (χ2v) is 4.33. The van der Waals surface area contributed by atoms with E-state index in [1.165, 1.54) is 12.8 Å². The second kappa shape index (κ2) is 7.41. The number of rotatable bonds is 8. The van der Waals surface area contributed by atoms with Gasteiger partial charge in [-0.05, 0) is 24.6 Å². The third kappa shape index (κ3) is 4.62. The highest BCUT2D eigenvalue weighted by Gasteiger charge is 2.00. The van der Waals surface area contributed by atoms with Crippen molar-refractivity contribution in [2.24, 2.45) is 0 Å². The molecule has 2 heterocycles. The minimum Gasteiger partial charge on any atom is -0.467 e. The van der Waals surface area contributed by atoms with Gasteiger partial charge in [0.1, 0.15) is 11.6 Å². The van der Waals surface area contributed by atoms with E-state index in [0.29, 0.717) is 12.5 Å². The number of nitrogens with zero attached hydrogens (tertiary/aromatic N) is 2. The van der Waals surface area contributed by atoms with Gasteiger partial charge in [-0.2, -0.15) is 4.98 Å². The van der Waals surface area contributed by atoms with Crippen LogP contribution in [0.15, 0.2) is 35.1 Å². The van der Waals surface area contributed by atoms with Crippen LogP contribution in [0.1, 0.15) is 31.9 Å². The third-order valence-electron chi connectivity index (χ3n) is 2.74. The number of aromatic nitrogens is 2. The van der Waals surface area contributed by atoms with Gasteiger partial charge in [-0.1, -0.05) is 19.8 Å². The molecule has 0 saturated heterocycles. The van der Waals surface area contributed by atoms with Crippen molar-refractivity contribution >= 4 is 11.8 Å². The first kappa shape index (κ1) is 13.4. The first-order valence-electron chi connectivity index (χ1n) is 6.71. The summed E-state index contributed by atoms with van der Waals surface area (Å²) in [6.45, 7) is 3.73. The summed E-state index contributed by atoms with van der Waals surface area (Å²) in [5.74, 6) is 2.35. The van der Waals surface area contributed by atoms with Gasteiger partial charge in [0.2, 0.25) is 5.95 Å². The lowest BCUT2D eigenvalue weighted by molar-refractivity contribution is 0.518. The highest BCUT2D eigenvalue weighted by Crippen LogP contribution is 2.08. The van der Waals surface area contributed by atoms with Gasteiger partial charge in [0.25, 0.3) is 0 Å². The lowest BCUT2D eigenvalue weighted by Crippen LogP contribution is -2.07. The number of anilines is 2. The molecule has 0 radical (unpaired) electrons. The fourth-order valence-corrected chi connectivity index (χ4v) is 1.71. The van der Waals surface area contributed by atoms with Crippen molar-refractivity contribution in [3.63, 3.8) is 0 Å². The van der Waals surface area contributed by atoms with Crippen molar-refractivity contribution in [3.05, 3.63) is 36.4 Å². The molecule has 2 rings (SSSR count). The van der Waals surface area contributed by atoms with Gasteiger partial charge in [-0.15, -0.1) is 0 Å². The monoisotopic (exact) mass is 260 g/mol. The summed E-state index contributed by atoms with van der Waals surface area (Å²) in [6.07, 6.45) is 7.00. The summed E-state index contributed by atoms with van der Waals surface area (Å²) < 4.78 is 5.26. The molecule has 0 aliphatic heterocycles. The highest BCUT2D eigenvalue weighted by molar-refractivity contribution is 5.39. The number of hydrogen-bond donors (Lipinski definition) is 2. The molecule has 0 amide bonds. The van der Waals surface area contributed by atoms with Gasteiger partial charge in [-0.3, -0.25) is 0 Å². The van der Waals surface area contributed by atoms with Crippen LogP contribution >= 0.6 is 0 Å². The molecule has 5 heteroatoms. The maximum atomic E-state index is 5.26. The van der Waals surface area contributed by atoms with E-state index >= 15 is 0 Å². The second-order valence-electron chi connectivity index (χ2n) is 4.33. The van der Waals surface area contributed by atoms with Crippen molar-refractivity contribution in [3.8, 4) is 0 Å². The molecule has 19 heavy (non-hydrogen) atoms. The predicted octanol–water partition coefficient (Wildman–Crippen LogP) is 3.28. The van der Waals surface area contributed by atoms with Gasteiger partial charge in [-0.25, -0.2) is 4.98 Å². The largest absolute Gasteiger partial charge is 0.467 e. The highest BCUT2D eigenvalue weighted by atomic mass is 16.3. The maximum Gasteiger partial charge on any atom is 0.224 e. The van der Waals surface area contributed by atoms with E-state index in [2.05, 4.69) is 27.5 Å². The molecule has 2 aromatic rings. The lowest BCUT2D eigenvalue weighted by Gasteiger charge is -2.07. The van der Waals surface area contributed by atoms with Crippen molar-refractivity contribution in [1.82, 2.24) is 9.97 Å². The summed E-state index contributed by atoms with van der Waals surface area (Å²) in [4.78, 5) is 8.59. The van der Waals surface area contributed by atoms with E-state index < -0.39 is 0 Å². The molecule has 2 aromatic heterocycles. The number of unbranched alkanes of at least 4 members (excludes halogenated alkanes) is 2. The summed E-state index contributed by atoms with van der Waals surface area (Å²) in [7, 11) is 0. The normalized spacial score (nSPS) is 10.4. The van der Waals surface area contributed by atoms with E-state index in [1.54, 1.807) is 12.5 Å². The van der Waals surface area contributed by atoms with Crippen LogP contribution in [-0.2, 0) is 6.54 Å². The third-order valence-corrected chi connectivity index (χ3v) is 2.74. The molecule has 0 unspecified atom stereocenters. The van der Waals surface area contributed by atoms with E-state index in [9.17, 15) is 0 Å². The molecule has 2 N–H and O–H groups in total. The summed E-state index contributed by atoms with van der Waals surface area (Å²) in [6, 6.07) is 5.65. The standard InChI is InChI=1S/C14H20N4O/c1-2-3-4-8-15-14-16-9-7-13(18-14)17-11-12-6-5-10-19-12/h5-7,9-10H,2-4,8,11H2,1H3,(H2,15,16,17,18). The van der Waals surface area contributed by atoms with Crippen LogP contribution in [0.2, 0.25) is 0 Å². The molecular formula is C14H20N4O. The van der Waals surface area contributed by atoms with Crippen LogP contribution in [0.25, 0.3) is 0 Å². The minimum absolute atomic E-state index is 0.624. The van der Waals surface area contributed by atoms with Crippen molar-refractivity contribution < 1.29 is 4.42 Å². The minimum atomic E-state index is 0.624. The quantitative estimate of drug-likeness (QED) is 0.713. The number of nitrogens with one attached hydrogen (secondary N) is 2. The van der Waals surface area contributed by atoms with Gasteiger partial charge in [0.05, 0.1) is 12.8 Å². The lowest BCUT2D eigenvalue weighted by atomic mass is 10.2. The Labute approximate surface area is 113 Å². The fraction of sp³-hybridized carbons (Fsp3) is 0.429. The molecule has 0 aromatic carbocycles. The van der Waals surface area contributed by atoms with Crippen LogP contribution in [0.5, 0.6) is 0 Å². The first-order chi connectivity index (χ1) is 9.38. The van der Waals surface area contributed by atoms with Crippen LogP contribution in [0, 0.1) is 0 Å². The molecule has 0 spiro atoms. The van der Waals surface area contributed by atoms with Crippen molar-refractivity contribution in [2.45, 2.75) is 32.7 Å². The fourth-order valence-electron chi connectivity index (χ4n) is 1.71. The molecule has 0 aliphatic carbocycles. The Morgan fingerprint density at radius 3 is 2.95 bits per heavy atom. The SMILES string of the molecule is CCCCCNc1nccc(NCc2ccco2)n1. The smallest absolute Gasteiger partial charge is 0.224 e. The average Bonchev–Trinajstić information content (AvgIpc) is 2.95. The molecular weight excluding hydrogens is 240 g/mol. The Morgan fingerprint density at radius 2 is 2.16 bits per heavy atom. The molecule has 0 fully saturated rings. The summed E-state index contributed by atoms with van der Waals surface area (Å²) >= 11 is 0. The summed E-state index contributed by atoms with van der Waals surface area (Å²) in [5.41, 5.74) is 0. The molecule has 102 valence electrons. The molecule has 0 bridgehead atoms. The van der Waals surface area contributed by atoms with E-state index in [-0.39, 0.29) is 0 Å². The first-order valence-corrected chi connectivity index (χ1v) is 6.71. The van der Waals surface area contributed by atoms with Crippen LogP contribution in [0.4, 0.5) is 11.8 Å². The van der Waals surface area contributed by atoms with Crippen molar-refractivity contribution in [2.75, 3.05) is 17.2 Å². The molecule has 0 saturated carbocycles. The number of furan rings is 1. The van der Waals surface area contributed by atoms with Crippen LogP contribution in [-0.4, -0.2) is 16.5 Å². The Kier molecular flexibility index (Phi) is 5.22. The van der Waals surface area contributed by atoms with Crippen molar-refractivity contribution in [1.29, 1.82) is 0 Å². The topological polar surface area (TPSA) is 63.0 Å². The van der Waals surface area contributed by atoms with Gasteiger partial charge in [0.15, 0.2) is 0 Å². The summed E-state index contributed by atoms with van der Waals surface area (Å²) in [5, 5.41) is 6.43. The van der Waals surface area contributed by atoms with Gasteiger partial charge >= 0.3 is 0 Å². The molecule has 5 nitrogen and oxygen atoms in total. The van der Waals surface area contributed by atoms with Crippen LogP contribution < -0.4 is 10.6 Å². The Balaban J connectivity index is 1.81. The van der Waals surface area contributed by atoms with E-state index in [4.69, 9.17) is 4.42 Å². The zero-order valence-corrected chi connectivity index (χ0v) is 11.2. The zero-order chi connectivity index (χ0) is 13.3. The van der Waals surface area contributed by atoms with E-state index in [1.807, 2.05) is 18.2 Å². The zero-order valence-electron chi connectivity index (χ0n) is 11.2. The number of hydrogen-bond acceptors (Lipinski definition) is 5. The van der Waals surface area contributed by atoms with Gasteiger partial charge in [0, 0.05) is 12.7 Å². The Bertz CT molecular complexity index is 470. The van der Waals surface area contributed by atoms with E-state index in [0.717, 1.165) is 24.5 Å². The predicted molar refractivity (Wildman–Crippen MR) is 76.1 cm³/mol. The maximum absolute atomic E-state index is 5.26. The Morgan fingerprint density at radius 1 is 1.21 bits per heavy atom. The average molecular weight is 260 g/mol. The van der Waals surface area contributed by atoms with Crippen LogP contribution in [0.3, 0.4) is 0 Å². The van der Waals surface area contributed by atoms with Gasteiger partial charge < -0.3 is 15.1 Å². The Hall–Kier alpha value is -2.04.